The summed E-state index contributed by atoms with van der Waals surface area (Å²) in [4.78, 5) is 19.5. The van der Waals surface area contributed by atoms with Crippen LogP contribution in [0.5, 0.6) is 0 Å². The Morgan fingerprint density at radius 1 is 1.70 bits per heavy atom. The summed E-state index contributed by atoms with van der Waals surface area (Å²) >= 11 is 1.49. The summed E-state index contributed by atoms with van der Waals surface area (Å²) in [7, 11) is 0. The average Bonchev–Trinajstić information content (AvgIpc) is 2.80. The van der Waals surface area contributed by atoms with Gasteiger partial charge in [-0.15, -0.1) is 11.3 Å². The van der Waals surface area contributed by atoms with E-state index in [1.807, 2.05) is 26.8 Å². The maximum absolute atomic E-state index is 10.9. The SMILES string of the molecule is C=C(C)N1CCOC(c2cc(C=O)sc2C)/C1=N/CC. The van der Waals surface area contributed by atoms with Crippen LogP contribution in [0, 0.1) is 6.92 Å². The lowest BCUT2D eigenvalue weighted by molar-refractivity contribution is 0.0579. The van der Waals surface area contributed by atoms with Gasteiger partial charge in [0.1, 0.15) is 11.9 Å². The minimum absolute atomic E-state index is 0.203. The van der Waals surface area contributed by atoms with E-state index in [1.165, 1.54) is 11.3 Å². The van der Waals surface area contributed by atoms with Crippen LogP contribution in [-0.4, -0.2) is 36.7 Å². The number of morpholine rings is 1. The molecule has 1 saturated heterocycles. The van der Waals surface area contributed by atoms with Gasteiger partial charge in [-0.25, -0.2) is 0 Å². The third-order valence-corrected chi connectivity index (χ3v) is 4.26. The second-order valence-electron chi connectivity index (χ2n) is 4.75. The highest BCUT2D eigenvalue weighted by molar-refractivity contribution is 7.13. The zero-order chi connectivity index (χ0) is 14.7. The van der Waals surface area contributed by atoms with Crippen molar-refractivity contribution in [2.45, 2.75) is 26.9 Å². The number of nitrogens with zero attached hydrogens (tertiary/aromatic N) is 2. The summed E-state index contributed by atoms with van der Waals surface area (Å²) < 4.78 is 5.93. The van der Waals surface area contributed by atoms with Crippen molar-refractivity contribution in [3.8, 4) is 0 Å². The molecule has 0 aliphatic carbocycles. The first-order chi connectivity index (χ1) is 9.58. The van der Waals surface area contributed by atoms with Gasteiger partial charge in [0.05, 0.1) is 11.5 Å². The number of carbonyl (C=O) groups excluding carboxylic acids is 1. The van der Waals surface area contributed by atoms with Crippen molar-refractivity contribution in [3.63, 3.8) is 0 Å². The molecule has 0 saturated carbocycles. The molecule has 20 heavy (non-hydrogen) atoms. The molecule has 1 aromatic heterocycles. The first-order valence-corrected chi connectivity index (χ1v) is 7.54. The Morgan fingerprint density at radius 2 is 2.45 bits per heavy atom. The number of aryl methyl sites for hydroxylation is 1. The van der Waals surface area contributed by atoms with Gasteiger partial charge in [0.15, 0.2) is 6.29 Å². The molecular formula is C15H20N2O2S. The van der Waals surface area contributed by atoms with Crippen molar-refractivity contribution in [1.82, 2.24) is 4.90 Å². The van der Waals surface area contributed by atoms with Crippen LogP contribution in [0.1, 0.15) is 40.1 Å². The number of amidine groups is 1. The summed E-state index contributed by atoms with van der Waals surface area (Å²) in [5.41, 5.74) is 2.00. The van der Waals surface area contributed by atoms with Crippen LogP contribution >= 0.6 is 11.3 Å². The molecule has 108 valence electrons. The Balaban J connectivity index is 2.41. The number of rotatable bonds is 4. The molecule has 0 aromatic carbocycles. The second kappa shape index (κ2) is 6.33. The molecule has 2 rings (SSSR count). The van der Waals surface area contributed by atoms with Crippen molar-refractivity contribution < 1.29 is 9.53 Å². The normalized spacial score (nSPS) is 21.2. The topological polar surface area (TPSA) is 41.9 Å². The molecule has 4 nitrogen and oxygen atoms in total. The molecule has 1 unspecified atom stereocenters. The number of aldehydes is 1. The molecule has 0 amide bonds. The Labute approximate surface area is 123 Å². The Kier molecular flexibility index (Phi) is 4.73. The fraction of sp³-hybridized carbons (Fsp3) is 0.467. The van der Waals surface area contributed by atoms with Gasteiger partial charge in [0.25, 0.3) is 0 Å². The largest absolute Gasteiger partial charge is 0.364 e. The van der Waals surface area contributed by atoms with Crippen LogP contribution in [0.4, 0.5) is 0 Å². The number of hydrogen-bond acceptors (Lipinski definition) is 4. The van der Waals surface area contributed by atoms with Gasteiger partial charge in [-0.3, -0.25) is 9.79 Å². The number of carbonyl (C=O) groups is 1. The highest BCUT2D eigenvalue weighted by atomic mass is 32.1. The number of hydrogen-bond donors (Lipinski definition) is 0. The van der Waals surface area contributed by atoms with Gasteiger partial charge in [-0.1, -0.05) is 6.58 Å². The van der Waals surface area contributed by atoms with Crippen LogP contribution in [0.3, 0.4) is 0 Å². The molecular weight excluding hydrogens is 272 g/mol. The van der Waals surface area contributed by atoms with E-state index in [1.54, 1.807) is 0 Å². The van der Waals surface area contributed by atoms with Gasteiger partial charge in [0, 0.05) is 29.2 Å². The van der Waals surface area contributed by atoms with Crippen molar-refractivity contribution in [2.24, 2.45) is 4.99 Å². The summed E-state index contributed by atoms with van der Waals surface area (Å²) in [5, 5.41) is 0. The second-order valence-corrected chi connectivity index (χ2v) is 6.04. The summed E-state index contributed by atoms with van der Waals surface area (Å²) in [6.45, 7) is 12.1. The quantitative estimate of drug-likeness (QED) is 0.800. The lowest BCUT2D eigenvalue weighted by atomic mass is 10.1. The van der Waals surface area contributed by atoms with Gasteiger partial charge >= 0.3 is 0 Å². The molecule has 0 spiro atoms. The summed E-state index contributed by atoms with van der Waals surface area (Å²) in [5.74, 6) is 0.893. The Hall–Kier alpha value is -1.46. The molecule has 1 fully saturated rings. The molecule has 2 heterocycles. The van der Waals surface area contributed by atoms with Crippen molar-refractivity contribution in [2.75, 3.05) is 19.7 Å². The maximum atomic E-state index is 10.9. The maximum Gasteiger partial charge on any atom is 0.160 e. The molecule has 1 aromatic rings. The van der Waals surface area contributed by atoms with Gasteiger partial charge in [0.2, 0.25) is 0 Å². The van der Waals surface area contributed by atoms with Crippen LogP contribution in [0.2, 0.25) is 0 Å². The zero-order valence-electron chi connectivity index (χ0n) is 12.2. The van der Waals surface area contributed by atoms with Crippen LogP contribution in [-0.2, 0) is 4.74 Å². The lowest BCUT2D eigenvalue weighted by Crippen LogP contribution is -2.42. The van der Waals surface area contributed by atoms with Crippen LogP contribution in [0.15, 0.2) is 23.3 Å². The minimum Gasteiger partial charge on any atom is -0.364 e. The van der Waals surface area contributed by atoms with E-state index in [-0.39, 0.29) is 6.10 Å². The molecule has 1 aliphatic heterocycles. The molecule has 0 bridgehead atoms. The predicted molar refractivity (Wildman–Crippen MR) is 82.6 cm³/mol. The van der Waals surface area contributed by atoms with E-state index in [9.17, 15) is 4.79 Å². The molecule has 5 heteroatoms. The summed E-state index contributed by atoms with van der Waals surface area (Å²) in [6.07, 6.45) is 0.683. The third-order valence-electron chi connectivity index (χ3n) is 3.27. The highest BCUT2D eigenvalue weighted by Crippen LogP contribution is 2.33. The van der Waals surface area contributed by atoms with Gasteiger partial charge < -0.3 is 9.64 Å². The van der Waals surface area contributed by atoms with E-state index in [0.717, 1.165) is 39.7 Å². The van der Waals surface area contributed by atoms with E-state index >= 15 is 0 Å². The number of allylic oxidation sites excluding steroid dienone is 1. The molecule has 0 N–H and O–H groups in total. The number of thiophene rings is 1. The number of ether oxygens (including phenoxy) is 1. The fourth-order valence-corrected chi connectivity index (χ4v) is 3.25. The van der Waals surface area contributed by atoms with E-state index in [2.05, 4.69) is 16.5 Å². The van der Waals surface area contributed by atoms with E-state index < -0.39 is 0 Å². The molecule has 0 radical (unpaired) electrons. The number of aliphatic imine (C=N–C) groups is 1. The van der Waals surface area contributed by atoms with Gasteiger partial charge in [-0.2, -0.15) is 0 Å². The lowest BCUT2D eigenvalue weighted by Gasteiger charge is -2.36. The van der Waals surface area contributed by atoms with Crippen LogP contribution < -0.4 is 0 Å². The van der Waals surface area contributed by atoms with E-state index in [0.29, 0.717) is 13.2 Å². The van der Waals surface area contributed by atoms with Gasteiger partial charge in [-0.05, 0) is 26.8 Å². The zero-order valence-corrected chi connectivity index (χ0v) is 13.0. The average molecular weight is 292 g/mol. The van der Waals surface area contributed by atoms with Crippen LogP contribution in [0.25, 0.3) is 0 Å². The van der Waals surface area contributed by atoms with Crippen molar-refractivity contribution >= 4 is 23.5 Å². The first kappa shape index (κ1) is 14.9. The van der Waals surface area contributed by atoms with E-state index in [4.69, 9.17) is 4.74 Å². The minimum atomic E-state index is -0.203. The first-order valence-electron chi connectivity index (χ1n) is 6.73. The molecule has 1 atom stereocenters. The third kappa shape index (κ3) is 2.83. The summed E-state index contributed by atoms with van der Waals surface area (Å²) in [6, 6.07) is 1.91. The smallest absolute Gasteiger partial charge is 0.160 e. The predicted octanol–water partition coefficient (Wildman–Crippen LogP) is 3.19. The highest BCUT2D eigenvalue weighted by Gasteiger charge is 2.31. The van der Waals surface area contributed by atoms with Crippen molar-refractivity contribution in [3.05, 3.63) is 33.7 Å². The Bertz CT molecular complexity index is 548. The standard InChI is InChI=1S/C15H20N2O2S/c1-5-16-15-14(19-7-6-17(15)10(2)3)13-8-12(9-18)20-11(13)4/h8-9,14H,2,5-7H2,1,3-4H3/b16-15-. The fourth-order valence-electron chi connectivity index (χ4n) is 2.38. The molecule has 1 aliphatic rings. The monoisotopic (exact) mass is 292 g/mol. The Morgan fingerprint density at radius 3 is 3.00 bits per heavy atom. The van der Waals surface area contributed by atoms with Crippen molar-refractivity contribution in [1.29, 1.82) is 0 Å².